The van der Waals surface area contributed by atoms with E-state index in [-0.39, 0.29) is 18.2 Å². The molecule has 4 heteroatoms. The zero-order valence-electron chi connectivity index (χ0n) is 15.8. The highest BCUT2D eigenvalue weighted by atomic mass is 16.5. The molecule has 0 heterocycles. The molecule has 1 aliphatic rings. The molecule has 0 radical (unpaired) electrons. The zero-order chi connectivity index (χ0) is 19.7. The highest BCUT2D eigenvalue weighted by Crippen LogP contribution is 2.45. The van der Waals surface area contributed by atoms with Gasteiger partial charge in [-0.3, -0.25) is 9.59 Å². The van der Waals surface area contributed by atoms with E-state index in [1.807, 2.05) is 48.5 Å². The van der Waals surface area contributed by atoms with E-state index in [0.29, 0.717) is 16.9 Å². The van der Waals surface area contributed by atoms with E-state index >= 15 is 0 Å². The molecule has 3 aromatic rings. The minimum atomic E-state index is -0.429. The molecule has 0 atom stereocenters. The summed E-state index contributed by atoms with van der Waals surface area (Å²) in [4.78, 5) is 24.5. The minimum Gasteiger partial charge on any atom is -0.496 e. The normalized spacial score (nSPS) is 12.2. The Bertz CT molecular complexity index is 1020. The first kappa shape index (κ1) is 18.0. The summed E-state index contributed by atoms with van der Waals surface area (Å²) in [5.41, 5.74) is 5.34. The Morgan fingerprint density at radius 2 is 1.50 bits per heavy atom. The second kappa shape index (κ2) is 7.31. The van der Waals surface area contributed by atoms with Crippen LogP contribution in [0.25, 0.3) is 11.1 Å². The largest absolute Gasteiger partial charge is 0.496 e. The van der Waals surface area contributed by atoms with Crippen LogP contribution in [0.2, 0.25) is 0 Å². The van der Waals surface area contributed by atoms with Crippen LogP contribution in [0.5, 0.6) is 5.75 Å². The number of methoxy groups -OCH3 is 1. The van der Waals surface area contributed by atoms with Gasteiger partial charge in [-0.15, -0.1) is 0 Å². The van der Waals surface area contributed by atoms with Gasteiger partial charge in [0, 0.05) is 22.3 Å². The van der Waals surface area contributed by atoms with Gasteiger partial charge in [-0.25, -0.2) is 0 Å². The summed E-state index contributed by atoms with van der Waals surface area (Å²) in [5, 5.41) is 0. The predicted octanol–water partition coefficient (Wildman–Crippen LogP) is 4.75. The SMILES string of the molecule is COc1ccc(C(C)=O)cc1CC(=O)OC1c2ccccc2-c2ccccc21. The van der Waals surface area contributed by atoms with E-state index in [0.717, 1.165) is 22.3 Å². The van der Waals surface area contributed by atoms with E-state index in [1.165, 1.54) is 6.92 Å². The second-order valence-electron chi connectivity index (χ2n) is 6.80. The van der Waals surface area contributed by atoms with Crippen molar-refractivity contribution in [3.05, 3.63) is 89.0 Å². The first-order valence-corrected chi connectivity index (χ1v) is 9.14. The summed E-state index contributed by atoms with van der Waals surface area (Å²) >= 11 is 0. The maximum absolute atomic E-state index is 12.8. The van der Waals surface area contributed by atoms with Crippen LogP contribution in [0.3, 0.4) is 0 Å². The third-order valence-corrected chi connectivity index (χ3v) is 5.05. The first-order chi connectivity index (χ1) is 13.6. The first-order valence-electron chi connectivity index (χ1n) is 9.14. The van der Waals surface area contributed by atoms with Crippen molar-refractivity contribution in [1.82, 2.24) is 0 Å². The highest BCUT2D eigenvalue weighted by Gasteiger charge is 2.31. The monoisotopic (exact) mass is 372 g/mol. The molecule has 4 nitrogen and oxygen atoms in total. The van der Waals surface area contributed by atoms with Crippen LogP contribution in [-0.2, 0) is 16.0 Å². The van der Waals surface area contributed by atoms with Gasteiger partial charge in [0.1, 0.15) is 5.75 Å². The summed E-state index contributed by atoms with van der Waals surface area (Å²) in [6, 6.07) is 21.0. The Morgan fingerprint density at radius 3 is 2.07 bits per heavy atom. The molecular weight excluding hydrogens is 352 g/mol. The van der Waals surface area contributed by atoms with Crippen LogP contribution in [0.15, 0.2) is 66.7 Å². The third-order valence-electron chi connectivity index (χ3n) is 5.05. The maximum Gasteiger partial charge on any atom is 0.311 e. The van der Waals surface area contributed by atoms with Crippen molar-refractivity contribution in [3.8, 4) is 16.9 Å². The molecule has 0 saturated heterocycles. The van der Waals surface area contributed by atoms with Crippen LogP contribution in [0, 0.1) is 0 Å². The van der Waals surface area contributed by atoms with Gasteiger partial charge in [-0.1, -0.05) is 48.5 Å². The topological polar surface area (TPSA) is 52.6 Å². The molecule has 1 aliphatic carbocycles. The Morgan fingerprint density at radius 1 is 0.893 bits per heavy atom. The van der Waals surface area contributed by atoms with Gasteiger partial charge in [0.2, 0.25) is 0 Å². The van der Waals surface area contributed by atoms with Gasteiger partial charge >= 0.3 is 5.97 Å². The van der Waals surface area contributed by atoms with E-state index < -0.39 is 6.10 Å². The fourth-order valence-corrected chi connectivity index (χ4v) is 3.70. The summed E-state index contributed by atoms with van der Waals surface area (Å²) in [7, 11) is 1.54. The molecule has 0 aliphatic heterocycles. The highest BCUT2D eigenvalue weighted by molar-refractivity contribution is 5.94. The smallest absolute Gasteiger partial charge is 0.311 e. The molecule has 0 fully saturated rings. The van der Waals surface area contributed by atoms with Gasteiger partial charge in [0.15, 0.2) is 11.9 Å². The van der Waals surface area contributed by atoms with Gasteiger partial charge in [-0.2, -0.15) is 0 Å². The van der Waals surface area contributed by atoms with Crippen LogP contribution < -0.4 is 4.74 Å². The van der Waals surface area contributed by atoms with Crippen LogP contribution in [0.1, 0.15) is 40.1 Å². The molecule has 4 rings (SSSR count). The Hall–Kier alpha value is -3.40. The molecule has 0 amide bonds. The van der Waals surface area contributed by atoms with E-state index in [2.05, 4.69) is 0 Å². The predicted molar refractivity (Wildman–Crippen MR) is 107 cm³/mol. The van der Waals surface area contributed by atoms with Gasteiger partial charge in [0.25, 0.3) is 0 Å². The van der Waals surface area contributed by atoms with Crippen molar-refractivity contribution >= 4 is 11.8 Å². The number of ether oxygens (including phenoxy) is 2. The van der Waals surface area contributed by atoms with Crippen molar-refractivity contribution in [2.45, 2.75) is 19.4 Å². The van der Waals surface area contributed by atoms with E-state index in [9.17, 15) is 9.59 Å². The number of ketones is 1. The molecule has 0 spiro atoms. The van der Waals surface area contributed by atoms with Crippen LogP contribution >= 0.6 is 0 Å². The lowest BCUT2D eigenvalue weighted by atomic mass is 10.0. The summed E-state index contributed by atoms with van der Waals surface area (Å²) in [6.07, 6.45) is -0.396. The lowest BCUT2D eigenvalue weighted by Crippen LogP contribution is -2.14. The van der Waals surface area contributed by atoms with Crippen molar-refractivity contribution in [1.29, 1.82) is 0 Å². The molecular formula is C24H20O4. The average molecular weight is 372 g/mol. The quantitative estimate of drug-likeness (QED) is 0.479. The molecule has 140 valence electrons. The number of hydrogen-bond donors (Lipinski definition) is 0. The van der Waals surface area contributed by atoms with E-state index in [4.69, 9.17) is 9.47 Å². The standard InChI is InChI=1S/C24H20O4/c1-15(25)16-11-12-22(27-2)17(13-16)14-23(26)28-24-20-9-5-3-7-18(20)19-8-4-6-10-21(19)24/h3-13,24H,14H2,1-2H3. The van der Waals surface area contributed by atoms with E-state index in [1.54, 1.807) is 25.3 Å². The van der Waals surface area contributed by atoms with Crippen LogP contribution in [0.4, 0.5) is 0 Å². The summed E-state index contributed by atoms with van der Waals surface area (Å²) in [5.74, 6) is 0.139. The Labute approximate surface area is 163 Å². The molecule has 3 aromatic carbocycles. The average Bonchev–Trinajstić information content (AvgIpc) is 3.02. The number of rotatable bonds is 5. The number of fused-ring (bicyclic) bond motifs is 3. The fourth-order valence-electron chi connectivity index (χ4n) is 3.70. The lowest BCUT2D eigenvalue weighted by molar-refractivity contribution is -0.146. The molecule has 0 bridgehead atoms. The van der Waals surface area contributed by atoms with Gasteiger partial charge in [-0.05, 0) is 36.2 Å². The number of benzene rings is 3. The van der Waals surface area contributed by atoms with Crippen molar-refractivity contribution in [2.24, 2.45) is 0 Å². The number of carbonyl (C=O) groups excluding carboxylic acids is 2. The molecule has 0 unspecified atom stereocenters. The molecule has 0 saturated carbocycles. The van der Waals surface area contributed by atoms with Crippen molar-refractivity contribution in [2.75, 3.05) is 7.11 Å². The fraction of sp³-hybridized carbons (Fsp3) is 0.167. The number of Topliss-reactive ketones (excluding diaryl/α,β-unsaturated/α-hetero) is 1. The molecule has 28 heavy (non-hydrogen) atoms. The number of carbonyl (C=O) groups is 2. The number of esters is 1. The molecule has 0 aromatic heterocycles. The lowest BCUT2D eigenvalue weighted by Gasteiger charge is -2.16. The van der Waals surface area contributed by atoms with Gasteiger partial charge in [0.05, 0.1) is 13.5 Å². The van der Waals surface area contributed by atoms with Crippen molar-refractivity contribution in [3.63, 3.8) is 0 Å². The Kier molecular flexibility index (Phi) is 4.70. The molecule has 0 N–H and O–H groups in total. The third kappa shape index (κ3) is 3.18. The Balaban J connectivity index is 1.62. The number of hydrogen-bond acceptors (Lipinski definition) is 4. The zero-order valence-corrected chi connectivity index (χ0v) is 15.8. The second-order valence-corrected chi connectivity index (χ2v) is 6.80. The van der Waals surface area contributed by atoms with Crippen LogP contribution in [-0.4, -0.2) is 18.9 Å². The van der Waals surface area contributed by atoms with Gasteiger partial charge < -0.3 is 9.47 Å². The maximum atomic E-state index is 12.8. The van der Waals surface area contributed by atoms with Crippen molar-refractivity contribution < 1.29 is 19.1 Å². The summed E-state index contributed by atoms with van der Waals surface area (Å²) < 4.78 is 11.2. The minimum absolute atomic E-state index is 0.0329. The summed E-state index contributed by atoms with van der Waals surface area (Å²) in [6.45, 7) is 1.50.